The van der Waals surface area contributed by atoms with Gasteiger partial charge in [-0.1, -0.05) is 73.5 Å². The van der Waals surface area contributed by atoms with E-state index in [-0.39, 0.29) is 64.9 Å². The Morgan fingerprint density at radius 3 is 2.44 bits per heavy atom. The van der Waals surface area contributed by atoms with Crippen LogP contribution in [0.25, 0.3) is 22.5 Å². The van der Waals surface area contributed by atoms with Crippen molar-refractivity contribution in [3.63, 3.8) is 0 Å². The molecule has 0 spiro atoms. The normalized spacial score (nSPS) is 10.5. The van der Waals surface area contributed by atoms with Gasteiger partial charge in [0.05, 0.1) is 12.3 Å². The average Bonchev–Trinajstić information content (AvgIpc) is 3.41. The monoisotopic (exact) mass is 480 g/mol. The molecule has 2 aromatic carbocycles. The van der Waals surface area contributed by atoms with Gasteiger partial charge < -0.3 is 16.6 Å². The molecule has 32 heavy (non-hydrogen) atoms. The topological polar surface area (TPSA) is 124 Å². The van der Waals surface area contributed by atoms with Crippen molar-refractivity contribution < 1.29 is 63.4 Å². The molecule has 4 aromatic rings. The summed E-state index contributed by atoms with van der Waals surface area (Å²) in [4.78, 5) is 4.47. The van der Waals surface area contributed by atoms with Crippen LogP contribution >= 0.6 is 11.6 Å². The molecule has 8 nitrogen and oxygen atoms in total. The molecule has 0 saturated heterocycles. The van der Waals surface area contributed by atoms with E-state index in [1.165, 1.54) is 0 Å². The van der Waals surface area contributed by atoms with Crippen LogP contribution in [0.15, 0.2) is 48.5 Å². The Hall–Kier alpha value is -1.43. The third kappa shape index (κ3) is 5.92. The number of hydrogen-bond acceptors (Lipinski definition) is 5. The number of unbranched alkanes of at least 4 members (excludes halogenated alkanes) is 1. The summed E-state index contributed by atoms with van der Waals surface area (Å²) in [6, 6.07) is 16.3. The van der Waals surface area contributed by atoms with E-state index in [4.69, 9.17) is 11.6 Å². The largest absolute Gasteiger partial charge is 1.00 e. The number of H-pyrrole nitrogens is 1. The standard InChI is InChI=1S/C22H23ClN6O.K.H2O.H/c1-2-3-8-20-24-21(23)19(14-30)29(20)13-15-9-11-16(12-10-15)17-6-4-5-7-18(17)22-25-27-28-26-22;;;/h4-7,9-12,30H,2-3,8,13-14H2,1H3,(H,25,26,27,28);;1H2;/q;+1;;-1. The van der Waals surface area contributed by atoms with Gasteiger partial charge in [0.15, 0.2) is 5.15 Å². The zero-order chi connectivity index (χ0) is 20.9. The fraction of sp³-hybridized carbons (Fsp3) is 0.273. The Kier molecular flexibility index (Phi) is 10.7. The number of tetrazole rings is 1. The molecular weight excluding hydrogens is 455 g/mol. The number of aryl methyl sites for hydroxylation is 1. The molecule has 4 rings (SSSR count). The maximum absolute atomic E-state index is 9.77. The van der Waals surface area contributed by atoms with Gasteiger partial charge >= 0.3 is 51.4 Å². The van der Waals surface area contributed by atoms with Gasteiger partial charge in [-0.3, -0.25) is 0 Å². The number of nitrogens with zero attached hydrogens (tertiary/aromatic N) is 5. The first-order chi connectivity index (χ1) is 14.7. The minimum Gasteiger partial charge on any atom is -1.00 e. The summed E-state index contributed by atoms with van der Waals surface area (Å²) in [6.07, 6.45) is 2.95. The van der Waals surface area contributed by atoms with Crippen molar-refractivity contribution in [2.45, 2.75) is 39.3 Å². The molecule has 0 aliphatic carbocycles. The molecule has 0 bridgehead atoms. The van der Waals surface area contributed by atoms with E-state index in [9.17, 15) is 5.11 Å². The first-order valence-electron chi connectivity index (χ1n) is 9.98. The first kappa shape index (κ1) is 26.8. The van der Waals surface area contributed by atoms with Crippen LogP contribution in [-0.2, 0) is 19.6 Å². The maximum Gasteiger partial charge on any atom is 1.00 e. The minimum absolute atomic E-state index is 0. The van der Waals surface area contributed by atoms with E-state index in [1.807, 2.05) is 28.8 Å². The number of aliphatic hydroxyl groups excluding tert-OH is 1. The summed E-state index contributed by atoms with van der Waals surface area (Å²) in [5.74, 6) is 1.48. The number of benzene rings is 2. The molecule has 0 unspecified atom stereocenters. The van der Waals surface area contributed by atoms with E-state index in [1.54, 1.807) is 0 Å². The smallest absolute Gasteiger partial charge is 1.00 e. The Bertz CT molecular complexity index is 1120. The van der Waals surface area contributed by atoms with Crippen LogP contribution in [0.4, 0.5) is 0 Å². The molecular formula is C22H26ClKN6O2. The Labute approximate surface area is 235 Å². The minimum atomic E-state index is -0.131. The first-order valence-corrected chi connectivity index (χ1v) is 10.4. The Morgan fingerprint density at radius 1 is 1.09 bits per heavy atom. The maximum atomic E-state index is 9.77. The van der Waals surface area contributed by atoms with Crippen LogP contribution in [0, 0.1) is 0 Å². The van der Waals surface area contributed by atoms with Gasteiger partial charge in [0.25, 0.3) is 0 Å². The van der Waals surface area contributed by atoms with E-state index in [2.05, 4.69) is 56.8 Å². The SMILES string of the molecule is CCCCc1nc(Cl)c(CO)n1Cc1ccc(-c2ccccc2-c2nn[nH]n2)cc1.O.[H-].[K+]. The molecule has 4 N–H and O–H groups in total. The molecule has 164 valence electrons. The molecule has 0 aliphatic rings. The molecule has 0 radical (unpaired) electrons. The average molecular weight is 481 g/mol. The molecule has 0 aliphatic heterocycles. The third-order valence-electron chi connectivity index (χ3n) is 5.13. The molecule has 0 fully saturated rings. The summed E-state index contributed by atoms with van der Waals surface area (Å²) in [5.41, 5.74) is 4.80. The van der Waals surface area contributed by atoms with Crippen LogP contribution in [-0.4, -0.2) is 40.8 Å². The number of aromatic amines is 1. The van der Waals surface area contributed by atoms with Gasteiger partial charge in [0.2, 0.25) is 5.82 Å². The number of imidazole rings is 1. The van der Waals surface area contributed by atoms with Gasteiger partial charge in [-0.05, 0) is 28.3 Å². The van der Waals surface area contributed by atoms with E-state index in [0.29, 0.717) is 23.2 Å². The number of rotatable bonds is 8. The Morgan fingerprint density at radius 2 is 1.81 bits per heavy atom. The summed E-state index contributed by atoms with van der Waals surface area (Å²) in [7, 11) is 0. The molecule has 10 heteroatoms. The molecule has 0 saturated carbocycles. The van der Waals surface area contributed by atoms with Crippen molar-refractivity contribution in [2.24, 2.45) is 0 Å². The zero-order valence-electron chi connectivity index (χ0n) is 19.2. The summed E-state index contributed by atoms with van der Waals surface area (Å²) < 4.78 is 2.03. The van der Waals surface area contributed by atoms with Crippen molar-refractivity contribution in [3.8, 4) is 22.5 Å². The summed E-state index contributed by atoms with van der Waals surface area (Å²) in [6.45, 7) is 2.63. The molecule has 2 aromatic heterocycles. The quantitative estimate of drug-likeness (QED) is 0.356. The van der Waals surface area contributed by atoms with Gasteiger partial charge in [-0.2, -0.15) is 5.21 Å². The van der Waals surface area contributed by atoms with Crippen molar-refractivity contribution in [3.05, 3.63) is 70.8 Å². The second-order valence-corrected chi connectivity index (χ2v) is 7.45. The van der Waals surface area contributed by atoms with Crippen LogP contribution in [0.5, 0.6) is 0 Å². The zero-order valence-corrected chi connectivity index (χ0v) is 22.1. The molecule has 2 heterocycles. The second-order valence-electron chi connectivity index (χ2n) is 7.09. The second kappa shape index (κ2) is 12.7. The van der Waals surface area contributed by atoms with Crippen LogP contribution in [0.1, 0.15) is 38.3 Å². The van der Waals surface area contributed by atoms with Gasteiger partial charge in [-0.15, -0.1) is 10.2 Å². The fourth-order valence-corrected chi connectivity index (χ4v) is 3.81. The van der Waals surface area contributed by atoms with Crippen molar-refractivity contribution in [1.29, 1.82) is 0 Å². The fourth-order valence-electron chi connectivity index (χ4n) is 3.55. The third-order valence-corrected chi connectivity index (χ3v) is 5.43. The van der Waals surface area contributed by atoms with E-state index >= 15 is 0 Å². The predicted octanol–water partition coefficient (Wildman–Crippen LogP) is 0.559. The van der Waals surface area contributed by atoms with Crippen molar-refractivity contribution >= 4 is 11.6 Å². The van der Waals surface area contributed by atoms with Crippen molar-refractivity contribution in [1.82, 2.24) is 30.2 Å². The summed E-state index contributed by atoms with van der Waals surface area (Å²) in [5, 5.41) is 24.5. The Balaban J connectivity index is 0.00000181. The van der Waals surface area contributed by atoms with Gasteiger partial charge in [-0.25, -0.2) is 4.98 Å². The van der Waals surface area contributed by atoms with Gasteiger partial charge in [0, 0.05) is 18.5 Å². The predicted molar refractivity (Wildman–Crippen MR) is 121 cm³/mol. The molecule has 0 atom stereocenters. The number of halogens is 1. The van der Waals surface area contributed by atoms with Crippen LogP contribution < -0.4 is 51.4 Å². The van der Waals surface area contributed by atoms with E-state index in [0.717, 1.165) is 47.3 Å². The van der Waals surface area contributed by atoms with Gasteiger partial charge in [0.1, 0.15) is 5.82 Å². The van der Waals surface area contributed by atoms with Crippen molar-refractivity contribution in [2.75, 3.05) is 0 Å². The molecule has 0 amide bonds. The number of nitrogens with one attached hydrogen (secondary N) is 1. The number of hydrogen-bond donors (Lipinski definition) is 2. The van der Waals surface area contributed by atoms with Crippen LogP contribution in [0.3, 0.4) is 0 Å². The summed E-state index contributed by atoms with van der Waals surface area (Å²) >= 11 is 6.26. The van der Waals surface area contributed by atoms with Crippen LogP contribution in [0.2, 0.25) is 5.15 Å². The van der Waals surface area contributed by atoms with E-state index < -0.39 is 0 Å². The number of aromatic nitrogens is 6. The number of aliphatic hydroxyl groups is 1.